The lowest BCUT2D eigenvalue weighted by Crippen LogP contribution is -2.02. The van der Waals surface area contributed by atoms with E-state index >= 15 is 0 Å². The summed E-state index contributed by atoms with van der Waals surface area (Å²) in [6.07, 6.45) is 1.06. The lowest BCUT2D eigenvalue weighted by molar-refractivity contribution is 0.957. The molecular formula is C16H11I. The van der Waals surface area contributed by atoms with Crippen LogP contribution in [0.3, 0.4) is 0 Å². The zero-order chi connectivity index (χ0) is 11.7. The normalized spacial score (nSPS) is 16.9. The van der Waals surface area contributed by atoms with E-state index in [4.69, 9.17) is 0 Å². The molecule has 0 aliphatic heterocycles. The van der Waals surface area contributed by atoms with Crippen LogP contribution >= 0.6 is 22.6 Å². The van der Waals surface area contributed by atoms with E-state index in [1.807, 2.05) is 0 Å². The van der Waals surface area contributed by atoms with E-state index in [2.05, 4.69) is 83.0 Å². The molecule has 0 saturated heterocycles. The van der Waals surface area contributed by atoms with Crippen LogP contribution in [0, 0.1) is 11.8 Å². The van der Waals surface area contributed by atoms with Gasteiger partial charge in [0.1, 0.15) is 0 Å². The molecule has 0 spiro atoms. The lowest BCUT2D eigenvalue weighted by atomic mass is 9.94. The third-order valence-corrected chi connectivity index (χ3v) is 4.16. The van der Waals surface area contributed by atoms with Gasteiger partial charge in [0.05, 0.1) is 0 Å². The van der Waals surface area contributed by atoms with Gasteiger partial charge in [-0.05, 0) is 29.7 Å². The highest BCUT2D eigenvalue weighted by Gasteiger charge is 2.14. The predicted octanol–water partition coefficient (Wildman–Crippen LogP) is 4.12. The molecule has 1 aliphatic rings. The van der Waals surface area contributed by atoms with Crippen molar-refractivity contribution < 1.29 is 0 Å². The Morgan fingerprint density at radius 2 is 1.53 bits per heavy atom. The predicted molar refractivity (Wildman–Crippen MR) is 79.3 cm³/mol. The highest BCUT2D eigenvalue weighted by molar-refractivity contribution is 14.1. The first-order valence-electron chi connectivity index (χ1n) is 5.67. The van der Waals surface area contributed by atoms with Gasteiger partial charge in [-0.15, -0.1) is 0 Å². The quantitative estimate of drug-likeness (QED) is 0.387. The number of fused-ring (bicyclic) bond motifs is 2. The van der Waals surface area contributed by atoms with Crippen molar-refractivity contribution in [2.45, 2.75) is 10.3 Å². The Bertz CT molecular complexity index is 617. The molecule has 0 saturated carbocycles. The van der Waals surface area contributed by atoms with Gasteiger partial charge in [0.15, 0.2) is 0 Å². The van der Waals surface area contributed by atoms with Crippen LogP contribution in [0.5, 0.6) is 0 Å². The van der Waals surface area contributed by atoms with E-state index in [1.165, 1.54) is 22.3 Å². The molecule has 0 N–H and O–H groups in total. The van der Waals surface area contributed by atoms with Crippen molar-refractivity contribution in [2.24, 2.45) is 0 Å². The summed E-state index contributed by atoms with van der Waals surface area (Å²) in [4.78, 5) is 0. The van der Waals surface area contributed by atoms with Crippen molar-refractivity contribution in [1.29, 1.82) is 0 Å². The van der Waals surface area contributed by atoms with Crippen LogP contribution in [0.1, 0.15) is 26.2 Å². The fraction of sp³-hybridized carbons (Fsp3) is 0.125. The first-order chi connectivity index (χ1) is 8.34. The second-order valence-electron chi connectivity index (χ2n) is 4.17. The zero-order valence-corrected chi connectivity index (χ0v) is 11.4. The number of rotatable bonds is 0. The highest BCUT2D eigenvalue weighted by Crippen LogP contribution is 2.31. The third kappa shape index (κ3) is 2.10. The molecule has 3 rings (SSSR count). The molecule has 1 atom stereocenters. The second-order valence-corrected chi connectivity index (χ2v) is 5.67. The Labute approximate surface area is 115 Å². The van der Waals surface area contributed by atoms with E-state index < -0.39 is 0 Å². The first kappa shape index (κ1) is 10.9. The van der Waals surface area contributed by atoms with Crippen molar-refractivity contribution >= 4 is 22.6 Å². The Hall–Kier alpha value is -1.27. The Kier molecular flexibility index (Phi) is 2.90. The van der Waals surface area contributed by atoms with Crippen LogP contribution in [0.25, 0.3) is 0 Å². The van der Waals surface area contributed by atoms with Crippen molar-refractivity contribution in [3.05, 3.63) is 70.8 Å². The van der Waals surface area contributed by atoms with Crippen LogP contribution < -0.4 is 0 Å². The molecule has 0 unspecified atom stereocenters. The van der Waals surface area contributed by atoms with Gasteiger partial charge >= 0.3 is 0 Å². The topological polar surface area (TPSA) is 0 Å². The lowest BCUT2D eigenvalue weighted by Gasteiger charge is -2.15. The van der Waals surface area contributed by atoms with E-state index in [9.17, 15) is 0 Å². The SMILES string of the molecule is I[C@@H]1Cc2ccccc2C#Cc2ccccc21. The van der Waals surface area contributed by atoms with Gasteiger partial charge in [-0.2, -0.15) is 0 Å². The van der Waals surface area contributed by atoms with Crippen molar-refractivity contribution in [3.8, 4) is 11.8 Å². The molecule has 0 heterocycles. The number of benzene rings is 2. The number of halogens is 1. The van der Waals surface area contributed by atoms with Crippen LogP contribution in [0.2, 0.25) is 0 Å². The molecule has 2 aromatic rings. The van der Waals surface area contributed by atoms with Gasteiger partial charge in [-0.3, -0.25) is 0 Å². The van der Waals surface area contributed by atoms with E-state index in [0.29, 0.717) is 3.92 Å². The van der Waals surface area contributed by atoms with Gasteiger partial charge in [0.2, 0.25) is 0 Å². The maximum absolute atomic E-state index is 3.30. The molecule has 1 heteroatoms. The monoisotopic (exact) mass is 330 g/mol. The van der Waals surface area contributed by atoms with Crippen molar-refractivity contribution in [1.82, 2.24) is 0 Å². The fourth-order valence-corrected chi connectivity index (χ4v) is 3.16. The number of alkyl halides is 1. The average Bonchev–Trinajstić information content (AvgIpc) is 2.36. The summed E-state index contributed by atoms with van der Waals surface area (Å²) >= 11 is 2.52. The fourth-order valence-electron chi connectivity index (χ4n) is 2.14. The van der Waals surface area contributed by atoms with Crippen molar-refractivity contribution in [2.75, 3.05) is 0 Å². The Morgan fingerprint density at radius 3 is 2.41 bits per heavy atom. The molecule has 0 amide bonds. The van der Waals surface area contributed by atoms with E-state index in [1.54, 1.807) is 0 Å². The minimum Gasteiger partial charge on any atom is -0.0770 e. The highest BCUT2D eigenvalue weighted by atomic mass is 127. The minimum atomic E-state index is 0.500. The van der Waals surface area contributed by atoms with Crippen LogP contribution in [-0.2, 0) is 6.42 Å². The Balaban J connectivity index is 2.20. The maximum atomic E-state index is 3.30. The summed E-state index contributed by atoms with van der Waals surface area (Å²) < 4.78 is 0.500. The molecule has 0 aromatic heterocycles. The van der Waals surface area contributed by atoms with Gasteiger partial charge < -0.3 is 0 Å². The molecule has 0 radical (unpaired) electrons. The Morgan fingerprint density at radius 1 is 0.882 bits per heavy atom. The largest absolute Gasteiger partial charge is 0.0770 e. The molecule has 0 bridgehead atoms. The molecule has 82 valence electrons. The molecule has 17 heavy (non-hydrogen) atoms. The number of hydrogen-bond donors (Lipinski definition) is 0. The summed E-state index contributed by atoms with van der Waals surface area (Å²) in [6, 6.07) is 16.9. The molecule has 0 fully saturated rings. The summed E-state index contributed by atoms with van der Waals surface area (Å²) in [5, 5.41) is 0. The molecule has 1 aliphatic carbocycles. The van der Waals surface area contributed by atoms with Gasteiger partial charge in [0.25, 0.3) is 0 Å². The second kappa shape index (κ2) is 4.54. The van der Waals surface area contributed by atoms with Crippen LogP contribution in [0.15, 0.2) is 48.5 Å². The molecule has 2 aromatic carbocycles. The van der Waals surface area contributed by atoms with Gasteiger partial charge in [0, 0.05) is 15.1 Å². The molecular weight excluding hydrogens is 319 g/mol. The average molecular weight is 330 g/mol. The van der Waals surface area contributed by atoms with Gasteiger partial charge in [-0.1, -0.05) is 70.8 Å². The van der Waals surface area contributed by atoms with E-state index in [-0.39, 0.29) is 0 Å². The standard InChI is InChI=1S/C16H11I/c17-16-11-14-7-2-1-5-12(14)9-10-13-6-3-4-8-15(13)16/h1-8,16H,11H2/t16-/m1/s1. The minimum absolute atomic E-state index is 0.500. The third-order valence-electron chi connectivity index (χ3n) is 3.05. The van der Waals surface area contributed by atoms with Gasteiger partial charge in [-0.25, -0.2) is 0 Å². The molecule has 0 nitrogen and oxygen atoms in total. The maximum Gasteiger partial charge on any atom is 0.0412 e. The first-order valence-corrected chi connectivity index (χ1v) is 6.92. The van der Waals surface area contributed by atoms with Crippen molar-refractivity contribution in [3.63, 3.8) is 0 Å². The summed E-state index contributed by atoms with van der Waals surface area (Å²) in [6.45, 7) is 0. The summed E-state index contributed by atoms with van der Waals surface area (Å²) in [5.74, 6) is 6.59. The van der Waals surface area contributed by atoms with Crippen LogP contribution in [0.4, 0.5) is 0 Å². The zero-order valence-electron chi connectivity index (χ0n) is 9.28. The summed E-state index contributed by atoms with van der Waals surface area (Å²) in [7, 11) is 0. The summed E-state index contributed by atoms with van der Waals surface area (Å²) in [5.41, 5.74) is 5.05. The van der Waals surface area contributed by atoms with Crippen LogP contribution in [-0.4, -0.2) is 0 Å². The number of hydrogen-bond acceptors (Lipinski definition) is 0. The van der Waals surface area contributed by atoms with E-state index in [0.717, 1.165) is 6.42 Å². The smallest absolute Gasteiger partial charge is 0.0412 e.